The van der Waals surface area contributed by atoms with Crippen molar-refractivity contribution in [1.82, 2.24) is 14.7 Å². The van der Waals surface area contributed by atoms with Crippen molar-refractivity contribution in [2.24, 2.45) is 7.05 Å². The molecule has 0 radical (unpaired) electrons. The number of aromatic nitrogens is 2. The molecule has 2 rings (SSSR count). The molecular weight excluding hydrogens is 277 g/mol. The molecule has 0 aliphatic heterocycles. The normalized spacial score (nSPS) is 12.9. The number of aryl methyl sites for hydroxylation is 2. The van der Waals surface area contributed by atoms with Crippen LogP contribution < -0.4 is 0 Å². The van der Waals surface area contributed by atoms with Crippen molar-refractivity contribution in [3.63, 3.8) is 0 Å². The lowest BCUT2D eigenvalue weighted by Gasteiger charge is -2.25. The molecule has 108 valence electrons. The van der Waals surface area contributed by atoms with Gasteiger partial charge in [-0.05, 0) is 27.0 Å². The van der Waals surface area contributed by atoms with Gasteiger partial charge in [-0.1, -0.05) is 29.8 Å². The smallest absolute Gasteiger partial charge is 0.131 e. The summed E-state index contributed by atoms with van der Waals surface area (Å²) in [6.45, 7) is 4.55. The highest BCUT2D eigenvalue weighted by molar-refractivity contribution is 6.30. The first kappa shape index (κ1) is 15.0. The number of nitrogens with zero attached hydrogens (tertiary/aromatic N) is 3. The van der Waals surface area contributed by atoms with Crippen molar-refractivity contribution in [2.75, 3.05) is 7.05 Å². The van der Waals surface area contributed by atoms with Crippen LogP contribution in [0.5, 0.6) is 0 Å². The summed E-state index contributed by atoms with van der Waals surface area (Å²) in [5.74, 6) is -0.180. The van der Waals surface area contributed by atoms with Gasteiger partial charge in [0.25, 0.3) is 0 Å². The zero-order valence-corrected chi connectivity index (χ0v) is 12.9. The molecule has 1 aromatic heterocycles. The van der Waals surface area contributed by atoms with E-state index < -0.39 is 0 Å². The summed E-state index contributed by atoms with van der Waals surface area (Å²) in [6.07, 6.45) is 0. The number of rotatable bonds is 4. The van der Waals surface area contributed by atoms with E-state index >= 15 is 0 Å². The first-order valence-corrected chi connectivity index (χ1v) is 6.92. The Balaban J connectivity index is 2.20. The van der Waals surface area contributed by atoms with Gasteiger partial charge in [-0.3, -0.25) is 9.58 Å². The minimum Gasteiger partial charge on any atom is -0.295 e. The van der Waals surface area contributed by atoms with E-state index in [2.05, 4.69) is 10.00 Å². The van der Waals surface area contributed by atoms with Crippen LogP contribution in [0.1, 0.15) is 29.8 Å². The Kier molecular flexibility index (Phi) is 4.45. The van der Waals surface area contributed by atoms with Gasteiger partial charge in [0, 0.05) is 30.8 Å². The van der Waals surface area contributed by atoms with Gasteiger partial charge in [0.15, 0.2) is 0 Å². The molecule has 0 aliphatic carbocycles. The van der Waals surface area contributed by atoms with E-state index in [-0.39, 0.29) is 11.9 Å². The summed E-state index contributed by atoms with van der Waals surface area (Å²) in [7, 11) is 3.78. The molecule has 2 aromatic rings. The van der Waals surface area contributed by atoms with Gasteiger partial charge in [0.2, 0.25) is 0 Å². The molecule has 1 aromatic carbocycles. The maximum atomic E-state index is 13.8. The van der Waals surface area contributed by atoms with Gasteiger partial charge in [0.05, 0.1) is 5.69 Å². The molecule has 0 saturated carbocycles. The first-order valence-electron chi connectivity index (χ1n) is 6.54. The Morgan fingerprint density at radius 2 is 2.05 bits per heavy atom. The van der Waals surface area contributed by atoms with Gasteiger partial charge < -0.3 is 0 Å². The summed E-state index contributed by atoms with van der Waals surface area (Å²) < 4.78 is 15.5. The van der Waals surface area contributed by atoms with Gasteiger partial charge >= 0.3 is 0 Å². The molecular formula is C15H19ClFN3. The molecule has 0 saturated heterocycles. The van der Waals surface area contributed by atoms with Gasteiger partial charge in [-0.2, -0.15) is 5.10 Å². The average molecular weight is 296 g/mol. The molecule has 1 heterocycles. The number of halogens is 2. The van der Waals surface area contributed by atoms with Crippen molar-refractivity contribution in [2.45, 2.75) is 26.4 Å². The molecule has 1 unspecified atom stereocenters. The number of hydrogen-bond acceptors (Lipinski definition) is 2. The van der Waals surface area contributed by atoms with E-state index in [1.54, 1.807) is 10.7 Å². The second-order valence-corrected chi connectivity index (χ2v) is 5.45. The van der Waals surface area contributed by atoms with E-state index in [1.807, 2.05) is 40.1 Å². The van der Waals surface area contributed by atoms with Gasteiger partial charge in [-0.25, -0.2) is 4.39 Å². The van der Waals surface area contributed by atoms with Crippen molar-refractivity contribution in [3.8, 4) is 0 Å². The minimum atomic E-state index is -0.180. The fraction of sp³-hybridized carbons (Fsp3) is 0.400. The van der Waals surface area contributed by atoms with E-state index in [9.17, 15) is 4.39 Å². The molecule has 3 nitrogen and oxygen atoms in total. The molecule has 0 N–H and O–H groups in total. The van der Waals surface area contributed by atoms with E-state index in [0.717, 1.165) is 11.3 Å². The van der Waals surface area contributed by atoms with Gasteiger partial charge in [0.1, 0.15) is 11.0 Å². The molecule has 0 amide bonds. The summed E-state index contributed by atoms with van der Waals surface area (Å²) in [5, 5.41) is 4.93. The molecule has 0 spiro atoms. The summed E-state index contributed by atoms with van der Waals surface area (Å²) in [6, 6.07) is 6.82. The lowest BCUT2D eigenvalue weighted by Crippen LogP contribution is -2.23. The van der Waals surface area contributed by atoms with E-state index in [4.69, 9.17) is 11.6 Å². The number of benzene rings is 1. The van der Waals surface area contributed by atoms with Crippen LogP contribution in [0.2, 0.25) is 5.15 Å². The first-order chi connectivity index (χ1) is 9.41. The predicted molar refractivity (Wildman–Crippen MR) is 79.2 cm³/mol. The second-order valence-electron chi connectivity index (χ2n) is 5.09. The third-order valence-corrected chi connectivity index (χ3v) is 4.17. The highest BCUT2D eigenvalue weighted by Gasteiger charge is 2.19. The van der Waals surface area contributed by atoms with Crippen molar-refractivity contribution >= 4 is 11.6 Å². The predicted octanol–water partition coefficient (Wildman–Crippen LogP) is 3.71. The fourth-order valence-corrected chi connectivity index (χ4v) is 2.53. The largest absolute Gasteiger partial charge is 0.295 e. The Labute approximate surface area is 124 Å². The van der Waals surface area contributed by atoms with E-state index in [0.29, 0.717) is 17.3 Å². The van der Waals surface area contributed by atoms with Crippen LogP contribution in [-0.4, -0.2) is 21.7 Å². The molecule has 0 bridgehead atoms. The quantitative estimate of drug-likeness (QED) is 0.857. The standard InChI is InChI=1S/C15H19ClFN3/c1-10-13(15(16)20(4)18-10)9-19(3)11(2)12-7-5-6-8-14(12)17/h5-8,11H,9H2,1-4H3. The summed E-state index contributed by atoms with van der Waals surface area (Å²) in [5.41, 5.74) is 2.58. The Hall–Kier alpha value is -1.39. The topological polar surface area (TPSA) is 21.1 Å². The summed E-state index contributed by atoms with van der Waals surface area (Å²) >= 11 is 6.24. The average Bonchev–Trinajstić information content (AvgIpc) is 2.65. The van der Waals surface area contributed by atoms with Crippen LogP contribution in [0.3, 0.4) is 0 Å². The van der Waals surface area contributed by atoms with Crippen LogP contribution in [0.4, 0.5) is 4.39 Å². The van der Waals surface area contributed by atoms with Crippen molar-refractivity contribution in [1.29, 1.82) is 0 Å². The SMILES string of the molecule is Cc1nn(C)c(Cl)c1CN(C)C(C)c1ccccc1F. The zero-order valence-electron chi connectivity index (χ0n) is 12.2. The molecule has 5 heteroatoms. The second kappa shape index (κ2) is 5.94. The van der Waals surface area contributed by atoms with Crippen LogP contribution in [0.25, 0.3) is 0 Å². The van der Waals surface area contributed by atoms with Crippen LogP contribution in [-0.2, 0) is 13.6 Å². The fourth-order valence-electron chi connectivity index (χ4n) is 2.29. The molecule has 0 aliphatic rings. The molecule has 20 heavy (non-hydrogen) atoms. The lowest BCUT2D eigenvalue weighted by atomic mass is 10.1. The third kappa shape index (κ3) is 2.86. The highest BCUT2D eigenvalue weighted by atomic mass is 35.5. The lowest BCUT2D eigenvalue weighted by molar-refractivity contribution is 0.247. The van der Waals surface area contributed by atoms with E-state index in [1.165, 1.54) is 6.07 Å². The van der Waals surface area contributed by atoms with Crippen LogP contribution in [0.15, 0.2) is 24.3 Å². The maximum Gasteiger partial charge on any atom is 0.131 e. The van der Waals surface area contributed by atoms with Crippen molar-refractivity contribution < 1.29 is 4.39 Å². The Morgan fingerprint density at radius 3 is 2.60 bits per heavy atom. The Bertz CT molecular complexity index is 609. The van der Waals surface area contributed by atoms with Crippen molar-refractivity contribution in [3.05, 3.63) is 52.1 Å². The highest BCUT2D eigenvalue weighted by Crippen LogP contribution is 2.26. The zero-order chi connectivity index (χ0) is 14.9. The summed E-state index contributed by atoms with van der Waals surface area (Å²) in [4.78, 5) is 2.06. The molecule has 1 atom stereocenters. The maximum absolute atomic E-state index is 13.8. The van der Waals surface area contributed by atoms with Crippen LogP contribution >= 0.6 is 11.6 Å². The minimum absolute atomic E-state index is 0.0353. The van der Waals surface area contributed by atoms with Crippen LogP contribution in [0, 0.1) is 12.7 Å². The van der Waals surface area contributed by atoms with Gasteiger partial charge in [-0.15, -0.1) is 0 Å². The molecule has 0 fully saturated rings. The number of hydrogen-bond donors (Lipinski definition) is 0. The third-order valence-electron chi connectivity index (χ3n) is 3.69. The monoisotopic (exact) mass is 295 g/mol. The Morgan fingerprint density at radius 1 is 1.40 bits per heavy atom.